The molecule has 1 aromatic rings. The summed E-state index contributed by atoms with van der Waals surface area (Å²) in [6.07, 6.45) is 1.19. The first-order chi connectivity index (χ1) is 9.43. The number of aliphatic hydroxyl groups is 1. The number of hydrogen-bond acceptors (Lipinski definition) is 4. The molecule has 0 radical (unpaired) electrons. The topological polar surface area (TPSA) is 58.7 Å². The molecule has 1 aliphatic rings. The number of nitrogens with two attached hydrogens (primary N) is 1. The summed E-state index contributed by atoms with van der Waals surface area (Å²) in [5.74, 6) is -0.302. The second-order valence-electron chi connectivity index (χ2n) is 5.65. The van der Waals surface area contributed by atoms with E-state index < -0.39 is 11.6 Å². The van der Waals surface area contributed by atoms with Gasteiger partial charge >= 0.3 is 0 Å². The van der Waals surface area contributed by atoms with Gasteiger partial charge in [0.25, 0.3) is 0 Å². The average Bonchev–Trinajstić information content (AvgIpc) is 2.38. The molecule has 1 heterocycles. The molecule has 1 fully saturated rings. The molecule has 1 atom stereocenters. The molecule has 0 aliphatic carbocycles. The predicted molar refractivity (Wildman–Crippen MR) is 77.3 cm³/mol. The Kier molecular flexibility index (Phi) is 4.62. The summed E-state index contributed by atoms with van der Waals surface area (Å²) in [5, 5.41) is 10.6. The summed E-state index contributed by atoms with van der Waals surface area (Å²) in [6.45, 7) is 3.33. The Morgan fingerprint density at radius 1 is 1.45 bits per heavy atom. The number of benzene rings is 1. The third-order valence-corrected chi connectivity index (χ3v) is 3.85. The summed E-state index contributed by atoms with van der Waals surface area (Å²) in [5.41, 5.74) is 6.31. The number of ether oxygens (including phenoxy) is 1. The highest BCUT2D eigenvalue weighted by Crippen LogP contribution is 2.30. The first-order valence-corrected chi connectivity index (χ1v) is 6.98. The highest BCUT2D eigenvalue weighted by molar-refractivity contribution is 5.55. The molecule has 0 unspecified atom stereocenters. The Morgan fingerprint density at radius 2 is 2.10 bits per heavy atom. The van der Waals surface area contributed by atoms with Crippen LogP contribution in [-0.2, 0) is 4.74 Å². The Bertz CT molecular complexity index is 459. The van der Waals surface area contributed by atoms with Crippen LogP contribution < -0.4 is 10.6 Å². The average molecular weight is 282 g/mol. The lowest BCUT2D eigenvalue weighted by Gasteiger charge is -2.37. The quantitative estimate of drug-likeness (QED) is 0.884. The lowest BCUT2D eigenvalue weighted by molar-refractivity contribution is -0.0572. The van der Waals surface area contributed by atoms with Crippen LogP contribution in [0, 0.1) is 5.82 Å². The van der Waals surface area contributed by atoms with Crippen LogP contribution >= 0.6 is 0 Å². The molecule has 4 nitrogen and oxygen atoms in total. The summed E-state index contributed by atoms with van der Waals surface area (Å²) in [4.78, 5) is 1.88. The maximum Gasteiger partial charge on any atom is 0.130 e. The zero-order valence-corrected chi connectivity index (χ0v) is 12.1. The first-order valence-electron chi connectivity index (χ1n) is 6.98. The zero-order valence-electron chi connectivity index (χ0n) is 12.1. The minimum atomic E-state index is -0.783. The van der Waals surface area contributed by atoms with Gasteiger partial charge in [0, 0.05) is 56.9 Å². The molecule has 0 saturated carbocycles. The van der Waals surface area contributed by atoms with Crippen LogP contribution in [0.4, 0.5) is 10.1 Å². The molecule has 20 heavy (non-hydrogen) atoms. The van der Waals surface area contributed by atoms with Gasteiger partial charge in [0.2, 0.25) is 0 Å². The maximum atomic E-state index is 13.9. The van der Waals surface area contributed by atoms with Gasteiger partial charge < -0.3 is 20.5 Å². The van der Waals surface area contributed by atoms with Gasteiger partial charge in [-0.3, -0.25) is 0 Å². The molecular formula is C15H23FN2O2. The van der Waals surface area contributed by atoms with Crippen LogP contribution in [0.1, 0.15) is 31.4 Å². The van der Waals surface area contributed by atoms with E-state index in [0.717, 1.165) is 5.69 Å². The molecule has 5 heteroatoms. The highest BCUT2D eigenvalue weighted by Gasteiger charge is 2.32. The molecule has 3 N–H and O–H groups in total. The van der Waals surface area contributed by atoms with E-state index in [9.17, 15) is 9.50 Å². The minimum Gasteiger partial charge on any atom is -0.388 e. The molecular weight excluding hydrogens is 259 g/mol. The minimum absolute atomic E-state index is 0.302. The van der Waals surface area contributed by atoms with E-state index in [1.54, 1.807) is 13.0 Å². The van der Waals surface area contributed by atoms with Crippen LogP contribution in [0.15, 0.2) is 18.2 Å². The number of rotatable bonds is 4. The fourth-order valence-electron chi connectivity index (χ4n) is 2.75. The number of halogens is 1. The summed E-state index contributed by atoms with van der Waals surface area (Å²) in [7, 11) is 1.86. The molecule has 1 aliphatic heterocycles. The van der Waals surface area contributed by atoms with Gasteiger partial charge in [0.05, 0.1) is 5.60 Å². The Balaban J connectivity index is 2.20. The van der Waals surface area contributed by atoms with Gasteiger partial charge in [0.15, 0.2) is 0 Å². The Labute approximate surface area is 119 Å². The van der Waals surface area contributed by atoms with Crippen molar-refractivity contribution >= 4 is 5.69 Å². The molecule has 0 aromatic heterocycles. The zero-order chi connectivity index (χ0) is 14.8. The summed E-state index contributed by atoms with van der Waals surface area (Å²) < 4.78 is 19.2. The SMILES string of the molecule is C[C@H](N)c1c(F)cccc1N(C)CC1(O)CCOCC1. The van der Waals surface area contributed by atoms with Gasteiger partial charge in [0.1, 0.15) is 5.82 Å². The van der Waals surface area contributed by atoms with Crippen molar-refractivity contribution in [2.45, 2.75) is 31.4 Å². The van der Waals surface area contributed by atoms with Crippen LogP contribution in [0.25, 0.3) is 0 Å². The second-order valence-corrected chi connectivity index (χ2v) is 5.65. The number of anilines is 1. The fraction of sp³-hybridized carbons (Fsp3) is 0.600. The Morgan fingerprint density at radius 3 is 2.70 bits per heavy atom. The van der Waals surface area contributed by atoms with Crippen molar-refractivity contribution in [1.29, 1.82) is 0 Å². The van der Waals surface area contributed by atoms with Crippen molar-refractivity contribution in [3.8, 4) is 0 Å². The van der Waals surface area contributed by atoms with Gasteiger partial charge in [-0.1, -0.05) is 6.07 Å². The fourth-order valence-corrected chi connectivity index (χ4v) is 2.75. The third-order valence-electron chi connectivity index (χ3n) is 3.85. The highest BCUT2D eigenvalue weighted by atomic mass is 19.1. The smallest absolute Gasteiger partial charge is 0.130 e. The molecule has 0 spiro atoms. The maximum absolute atomic E-state index is 13.9. The molecule has 0 amide bonds. The lowest BCUT2D eigenvalue weighted by atomic mass is 9.93. The number of likely N-dealkylation sites (N-methyl/N-ethyl adjacent to an activating group) is 1. The van der Waals surface area contributed by atoms with Crippen molar-refractivity contribution in [2.24, 2.45) is 5.73 Å². The van der Waals surface area contributed by atoms with Crippen LogP contribution in [-0.4, -0.2) is 37.5 Å². The predicted octanol–water partition coefficient (Wildman–Crippen LogP) is 1.82. The van der Waals surface area contributed by atoms with Gasteiger partial charge in [-0.05, 0) is 19.1 Å². The van der Waals surface area contributed by atoms with E-state index in [2.05, 4.69) is 0 Å². The van der Waals surface area contributed by atoms with E-state index in [1.807, 2.05) is 18.0 Å². The normalized spacial score (nSPS) is 19.6. The van der Waals surface area contributed by atoms with Crippen molar-refractivity contribution < 1.29 is 14.2 Å². The number of hydrogen-bond donors (Lipinski definition) is 2. The van der Waals surface area contributed by atoms with Crippen molar-refractivity contribution in [3.63, 3.8) is 0 Å². The van der Waals surface area contributed by atoms with Crippen LogP contribution in [0.2, 0.25) is 0 Å². The lowest BCUT2D eigenvalue weighted by Crippen LogP contribution is -2.46. The van der Waals surface area contributed by atoms with E-state index in [0.29, 0.717) is 38.2 Å². The molecule has 2 rings (SSSR count). The third kappa shape index (κ3) is 3.29. The molecule has 0 bridgehead atoms. The largest absolute Gasteiger partial charge is 0.388 e. The molecule has 1 saturated heterocycles. The number of nitrogens with zero attached hydrogens (tertiary/aromatic N) is 1. The second kappa shape index (κ2) is 6.08. The van der Waals surface area contributed by atoms with Crippen molar-refractivity contribution in [3.05, 3.63) is 29.6 Å². The summed E-state index contributed by atoms with van der Waals surface area (Å²) in [6, 6.07) is 4.53. The first kappa shape index (κ1) is 15.2. The van der Waals surface area contributed by atoms with Crippen LogP contribution in [0.5, 0.6) is 0 Å². The van der Waals surface area contributed by atoms with E-state index >= 15 is 0 Å². The Hall–Kier alpha value is -1.17. The van der Waals surface area contributed by atoms with E-state index in [1.165, 1.54) is 6.07 Å². The van der Waals surface area contributed by atoms with E-state index in [-0.39, 0.29) is 5.82 Å². The van der Waals surface area contributed by atoms with E-state index in [4.69, 9.17) is 10.5 Å². The van der Waals surface area contributed by atoms with Crippen LogP contribution in [0.3, 0.4) is 0 Å². The van der Waals surface area contributed by atoms with Gasteiger partial charge in [-0.25, -0.2) is 4.39 Å². The van der Waals surface area contributed by atoms with Crippen molar-refractivity contribution in [2.75, 3.05) is 31.7 Å². The summed E-state index contributed by atoms with van der Waals surface area (Å²) >= 11 is 0. The van der Waals surface area contributed by atoms with Gasteiger partial charge in [-0.2, -0.15) is 0 Å². The van der Waals surface area contributed by atoms with Gasteiger partial charge in [-0.15, -0.1) is 0 Å². The van der Waals surface area contributed by atoms with Crippen molar-refractivity contribution in [1.82, 2.24) is 0 Å². The monoisotopic (exact) mass is 282 g/mol. The molecule has 112 valence electrons. The standard InChI is InChI=1S/C15H23FN2O2/c1-11(17)14-12(16)4-3-5-13(14)18(2)10-15(19)6-8-20-9-7-15/h3-5,11,19H,6-10,17H2,1-2H3/t11-/m0/s1. The molecule has 1 aromatic carbocycles.